The maximum atomic E-state index is 13.2. The second-order valence-corrected chi connectivity index (χ2v) is 10.9. The van der Waals surface area contributed by atoms with Crippen molar-refractivity contribution in [2.24, 2.45) is 0 Å². The number of anilines is 2. The number of methoxy groups -OCH3 is 1. The standard InChI is InChI=1S/C29H30N4O5S/c1-19-6-4-7-20(2)28(19)25-17-27-32-29(31-25)33-39(34,35)24-9-5-8-22(16-24)30-18-26(38-27)21-10-12-23(13-11-21)37-15-14-36-3/h4-13,16-17,26,30H,14-15,18H2,1-3H3,(H,31,32,33). The Hall–Kier alpha value is -4.15. The van der Waals surface area contributed by atoms with Gasteiger partial charge in [0.15, 0.2) is 0 Å². The minimum atomic E-state index is -3.94. The zero-order valence-corrected chi connectivity index (χ0v) is 22.8. The lowest BCUT2D eigenvalue weighted by Crippen LogP contribution is -2.21. The first-order chi connectivity index (χ1) is 18.8. The van der Waals surface area contributed by atoms with Crippen LogP contribution in [0.3, 0.4) is 0 Å². The van der Waals surface area contributed by atoms with Crippen molar-refractivity contribution in [3.8, 4) is 22.9 Å². The predicted molar refractivity (Wildman–Crippen MR) is 150 cm³/mol. The molecule has 4 bridgehead atoms. The van der Waals surface area contributed by atoms with E-state index in [0.717, 1.165) is 28.0 Å². The quantitative estimate of drug-likeness (QED) is 0.320. The van der Waals surface area contributed by atoms with E-state index in [-0.39, 0.29) is 16.7 Å². The van der Waals surface area contributed by atoms with E-state index in [4.69, 9.17) is 14.2 Å². The fourth-order valence-electron chi connectivity index (χ4n) is 4.44. The summed E-state index contributed by atoms with van der Waals surface area (Å²) in [7, 11) is -2.31. The highest BCUT2D eigenvalue weighted by atomic mass is 32.2. The molecule has 0 spiro atoms. The molecule has 39 heavy (non-hydrogen) atoms. The normalized spacial score (nSPS) is 16.0. The van der Waals surface area contributed by atoms with E-state index in [1.807, 2.05) is 62.4 Å². The molecular formula is C29H30N4O5S. The van der Waals surface area contributed by atoms with E-state index in [1.165, 1.54) is 6.07 Å². The molecule has 1 unspecified atom stereocenters. The highest BCUT2D eigenvalue weighted by molar-refractivity contribution is 7.92. The van der Waals surface area contributed by atoms with Crippen LogP contribution in [-0.4, -0.2) is 45.3 Å². The third kappa shape index (κ3) is 6.13. The summed E-state index contributed by atoms with van der Waals surface area (Å²) in [5.41, 5.74) is 5.00. The van der Waals surface area contributed by atoms with Crippen molar-refractivity contribution in [1.82, 2.24) is 9.97 Å². The monoisotopic (exact) mass is 546 g/mol. The zero-order valence-electron chi connectivity index (χ0n) is 22.0. The van der Waals surface area contributed by atoms with Crippen LogP contribution < -0.4 is 19.5 Å². The van der Waals surface area contributed by atoms with Crippen molar-refractivity contribution in [1.29, 1.82) is 0 Å². The molecule has 4 aromatic rings. The number of hydrogen-bond acceptors (Lipinski definition) is 8. The van der Waals surface area contributed by atoms with Gasteiger partial charge in [0.1, 0.15) is 18.5 Å². The fourth-order valence-corrected chi connectivity index (χ4v) is 5.42. The molecule has 0 radical (unpaired) electrons. The summed E-state index contributed by atoms with van der Waals surface area (Å²) in [6.45, 7) is 5.29. The zero-order chi connectivity index (χ0) is 27.4. The van der Waals surface area contributed by atoms with Gasteiger partial charge in [-0.05, 0) is 60.9 Å². The molecular weight excluding hydrogens is 516 g/mol. The number of aromatic nitrogens is 2. The van der Waals surface area contributed by atoms with E-state index in [1.54, 1.807) is 25.3 Å². The van der Waals surface area contributed by atoms with Gasteiger partial charge >= 0.3 is 0 Å². The Labute approximate surface area is 228 Å². The molecule has 1 atom stereocenters. The minimum Gasteiger partial charge on any atom is -0.491 e. The second-order valence-electron chi connectivity index (χ2n) is 9.21. The molecule has 10 heteroatoms. The number of sulfonamides is 1. The largest absolute Gasteiger partial charge is 0.491 e. The van der Waals surface area contributed by atoms with Crippen LogP contribution in [0.1, 0.15) is 22.8 Å². The first-order valence-corrected chi connectivity index (χ1v) is 14.0. The molecule has 0 aliphatic carbocycles. The topological polar surface area (TPSA) is 112 Å². The number of rotatable bonds is 6. The van der Waals surface area contributed by atoms with Crippen LogP contribution in [0, 0.1) is 13.8 Å². The number of ether oxygens (including phenoxy) is 3. The van der Waals surface area contributed by atoms with Crippen LogP contribution in [0.25, 0.3) is 11.3 Å². The number of hydrogen-bond donors (Lipinski definition) is 2. The van der Waals surface area contributed by atoms with Gasteiger partial charge in [-0.1, -0.05) is 36.4 Å². The third-order valence-corrected chi connectivity index (χ3v) is 7.70. The van der Waals surface area contributed by atoms with Crippen LogP contribution in [0.5, 0.6) is 11.6 Å². The summed E-state index contributed by atoms with van der Waals surface area (Å²) in [6, 6.07) is 21.9. The highest BCUT2D eigenvalue weighted by Gasteiger charge is 2.22. The van der Waals surface area contributed by atoms with E-state index >= 15 is 0 Å². The summed E-state index contributed by atoms with van der Waals surface area (Å²) in [4.78, 5) is 9.12. The van der Waals surface area contributed by atoms with Crippen LogP contribution in [0.2, 0.25) is 0 Å². The lowest BCUT2D eigenvalue weighted by atomic mass is 10.00. The lowest BCUT2D eigenvalue weighted by Gasteiger charge is -2.22. The number of benzene rings is 3. The van der Waals surface area contributed by atoms with Crippen molar-refractivity contribution >= 4 is 21.7 Å². The van der Waals surface area contributed by atoms with Gasteiger partial charge in [-0.3, -0.25) is 0 Å². The summed E-state index contributed by atoms with van der Waals surface area (Å²) >= 11 is 0. The number of nitrogens with one attached hydrogen (secondary N) is 2. The lowest BCUT2D eigenvalue weighted by molar-refractivity contribution is 0.146. The molecule has 2 heterocycles. The van der Waals surface area contributed by atoms with Crippen LogP contribution in [0.4, 0.5) is 11.6 Å². The number of aryl methyl sites for hydroxylation is 2. The predicted octanol–water partition coefficient (Wildman–Crippen LogP) is 5.13. The van der Waals surface area contributed by atoms with E-state index in [2.05, 4.69) is 20.0 Å². The second kappa shape index (κ2) is 11.3. The molecule has 1 aliphatic heterocycles. The van der Waals surface area contributed by atoms with Crippen LogP contribution >= 0.6 is 0 Å². The van der Waals surface area contributed by atoms with E-state index in [9.17, 15) is 8.42 Å². The van der Waals surface area contributed by atoms with E-state index in [0.29, 0.717) is 31.1 Å². The molecule has 0 saturated carbocycles. The van der Waals surface area contributed by atoms with Gasteiger partial charge in [0.2, 0.25) is 11.8 Å². The van der Waals surface area contributed by atoms with E-state index < -0.39 is 16.1 Å². The van der Waals surface area contributed by atoms with Gasteiger partial charge < -0.3 is 19.5 Å². The Balaban J connectivity index is 1.58. The smallest absolute Gasteiger partial charge is 0.264 e. The van der Waals surface area contributed by atoms with Gasteiger partial charge in [0.05, 0.1) is 23.7 Å². The minimum absolute atomic E-state index is 0.0651. The number of fused-ring (bicyclic) bond motifs is 4. The van der Waals surface area contributed by atoms with Gasteiger partial charge in [-0.2, -0.15) is 4.98 Å². The Bertz CT molecular complexity index is 1560. The van der Waals surface area contributed by atoms with Crippen molar-refractivity contribution in [2.45, 2.75) is 24.8 Å². The molecule has 3 aromatic carbocycles. The number of nitrogens with zero attached hydrogens (tertiary/aromatic N) is 2. The maximum absolute atomic E-state index is 13.2. The highest BCUT2D eigenvalue weighted by Crippen LogP contribution is 2.32. The van der Waals surface area contributed by atoms with Crippen molar-refractivity contribution in [3.05, 3.63) is 89.5 Å². The molecule has 202 valence electrons. The van der Waals surface area contributed by atoms with Gasteiger partial charge in [0.25, 0.3) is 10.0 Å². The summed E-state index contributed by atoms with van der Waals surface area (Å²) in [5.74, 6) is 0.905. The first-order valence-electron chi connectivity index (χ1n) is 12.5. The molecule has 9 nitrogen and oxygen atoms in total. The Morgan fingerprint density at radius 1 is 0.949 bits per heavy atom. The summed E-state index contributed by atoms with van der Waals surface area (Å²) in [6.07, 6.45) is -0.453. The van der Waals surface area contributed by atoms with Gasteiger partial charge in [-0.15, -0.1) is 0 Å². The van der Waals surface area contributed by atoms with Crippen molar-refractivity contribution in [2.75, 3.05) is 36.9 Å². The molecule has 2 N–H and O–H groups in total. The fraction of sp³-hybridized carbons (Fsp3) is 0.241. The van der Waals surface area contributed by atoms with Gasteiger partial charge in [0, 0.05) is 24.4 Å². The first kappa shape index (κ1) is 26.5. The average molecular weight is 547 g/mol. The maximum Gasteiger partial charge on any atom is 0.264 e. The summed E-state index contributed by atoms with van der Waals surface area (Å²) in [5, 5.41) is 3.31. The molecule has 0 amide bonds. The Kier molecular flexibility index (Phi) is 7.67. The third-order valence-electron chi connectivity index (χ3n) is 6.37. The summed E-state index contributed by atoms with van der Waals surface area (Å²) < 4.78 is 46.1. The Morgan fingerprint density at radius 3 is 2.44 bits per heavy atom. The van der Waals surface area contributed by atoms with Crippen LogP contribution in [-0.2, 0) is 14.8 Å². The Morgan fingerprint density at radius 2 is 1.69 bits per heavy atom. The van der Waals surface area contributed by atoms with Gasteiger partial charge in [-0.25, -0.2) is 18.1 Å². The molecule has 0 fully saturated rings. The SMILES string of the molecule is COCCOc1ccc(C2CNc3cccc(c3)S(=O)(=O)Nc3nc(cc(-c4c(C)cccc4C)n3)O2)cc1. The molecule has 1 aliphatic rings. The molecule has 1 aromatic heterocycles. The average Bonchev–Trinajstić information content (AvgIpc) is 2.91. The van der Waals surface area contributed by atoms with Crippen molar-refractivity contribution in [3.63, 3.8) is 0 Å². The molecule has 0 saturated heterocycles. The van der Waals surface area contributed by atoms with Crippen LogP contribution in [0.15, 0.2) is 77.7 Å². The molecule has 5 rings (SSSR count). The van der Waals surface area contributed by atoms with Crippen molar-refractivity contribution < 1.29 is 22.6 Å².